The Kier molecular flexibility index (Phi) is 29.3. The minimum Gasteiger partial charge on any atom is -0.748 e. The van der Waals surface area contributed by atoms with Crippen molar-refractivity contribution in [1.29, 1.82) is 0 Å². The Morgan fingerprint density at radius 2 is 0.806 bits per heavy atom. The zero-order valence-corrected chi connectivity index (χ0v) is 23.9. The van der Waals surface area contributed by atoms with Crippen LogP contribution >= 0.6 is 0 Å². The van der Waals surface area contributed by atoms with Crippen molar-refractivity contribution in [2.24, 2.45) is 0 Å². The summed E-state index contributed by atoms with van der Waals surface area (Å²) in [5.74, 6) is -0.369. The van der Waals surface area contributed by atoms with Gasteiger partial charge in [-0.3, -0.25) is 0 Å². The molecule has 0 aromatic carbocycles. The second-order valence-corrected chi connectivity index (χ2v) is 10.5. The Balaban J connectivity index is 0. The summed E-state index contributed by atoms with van der Waals surface area (Å²) in [5, 5.41) is 0. The number of allylic oxidation sites excluding steroid dienone is 1. The molecule has 0 heterocycles. The van der Waals surface area contributed by atoms with Gasteiger partial charge in [-0.1, -0.05) is 147 Å². The van der Waals surface area contributed by atoms with Gasteiger partial charge in [-0.25, -0.2) is 8.42 Å². The SMILES string of the molecule is CCCCCCCCCCCCCCCCCCCCCCC/C=C/CS(=O)(=O)[O-].[Na+]. The first kappa shape index (κ1) is 33.8. The number of unbranched alkanes of at least 4 members (excludes halogenated alkanes) is 21. The summed E-state index contributed by atoms with van der Waals surface area (Å²) in [7, 11) is -4.09. The molecule has 0 saturated heterocycles. The Hall–Kier alpha value is 0.650. The van der Waals surface area contributed by atoms with E-state index >= 15 is 0 Å². The standard InChI is InChI=1S/C26H52O3S.Na/c1-2-3-4-5-6-7-8-9-10-11-12-13-14-15-16-17-18-19-20-21-22-23-24-25-26-30(27,28)29;/h24-25H,2-23,26H2,1H3,(H,27,28,29);/q;+1/p-1/b25-24+;. The van der Waals surface area contributed by atoms with Crippen LogP contribution in [0.1, 0.15) is 148 Å². The Labute approximate surface area is 217 Å². The molecule has 0 aliphatic carbocycles. The Bertz CT molecular complexity index is 463. The van der Waals surface area contributed by atoms with E-state index in [0.717, 1.165) is 12.8 Å². The molecular weight excluding hydrogens is 415 g/mol. The fourth-order valence-electron chi connectivity index (χ4n) is 4.00. The second-order valence-electron chi connectivity index (χ2n) is 9.06. The number of hydrogen-bond donors (Lipinski definition) is 0. The molecule has 0 atom stereocenters. The van der Waals surface area contributed by atoms with E-state index < -0.39 is 10.1 Å². The maximum Gasteiger partial charge on any atom is 1.00 e. The topological polar surface area (TPSA) is 57.2 Å². The van der Waals surface area contributed by atoms with E-state index in [-0.39, 0.29) is 35.3 Å². The summed E-state index contributed by atoms with van der Waals surface area (Å²) in [4.78, 5) is 0. The van der Waals surface area contributed by atoms with Crippen LogP contribution in [0, 0.1) is 0 Å². The fraction of sp³-hybridized carbons (Fsp3) is 0.923. The maximum atomic E-state index is 10.4. The van der Waals surface area contributed by atoms with Crippen molar-refractivity contribution in [2.45, 2.75) is 148 Å². The van der Waals surface area contributed by atoms with E-state index in [9.17, 15) is 13.0 Å². The summed E-state index contributed by atoms with van der Waals surface area (Å²) in [6.07, 6.45) is 33.2. The van der Waals surface area contributed by atoms with Crippen LogP contribution in [0.25, 0.3) is 0 Å². The maximum absolute atomic E-state index is 10.4. The molecule has 0 rings (SSSR count). The van der Waals surface area contributed by atoms with Crippen molar-refractivity contribution in [2.75, 3.05) is 5.75 Å². The smallest absolute Gasteiger partial charge is 0.748 e. The van der Waals surface area contributed by atoms with Gasteiger partial charge >= 0.3 is 29.6 Å². The van der Waals surface area contributed by atoms with E-state index in [1.54, 1.807) is 0 Å². The fourth-order valence-corrected chi connectivity index (χ4v) is 4.37. The van der Waals surface area contributed by atoms with Crippen molar-refractivity contribution in [3.63, 3.8) is 0 Å². The van der Waals surface area contributed by atoms with Gasteiger partial charge < -0.3 is 4.55 Å². The molecule has 180 valence electrons. The molecule has 0 aromatic heterocycles. The summed E-state index contributed by atoms with van der Waals surface area (Å²) in [6, 6.07) is 0. The molecule has 0 amide bonds. The largest absolute Gasteiger partial charge is 1.00 e. The van der Waals surface area contributed by atoms with E-state index in [0.29, 0.717) is 0 Å². The molecule has 5 heteroatoms. The van der Waals surface area contributed by atoms with Gasteiger partial charge in [-0.15, -0.1) is 0 Å². The first-order valence-electron chi connectivity index (χ1n) is 13.1. The van der Waals surface area contributed by atoms with Crippen molar-refractivity contribution in [3.8, 4) is 0 Å². The monoisotopic (exact) mass is 466 g/mol. The molecule has 0 bridgehead atoms. The minimum absolute atomic E-state index is 0. The predicted molar refractivity (Wildman–Crippen MR) is 131 cm³/mol. The van der Waals surface area contributed by atoms with Crippen LogP contribution in [-0.4, -0.2) is 18.7 Å². The van der Waals surface area contributed by atoms with Gasteiger partial charge in [0.05, 0.1) is 15.9 Å². The third-order valence-electron chi connectivity index (χ3n) is 5.94. The molecule has 0 N–H and O–H groups in total. The van der Waals surface area contributed by atoms with E-state index in [1.165, 1.54) is 134 Å². The Morgan fingerprint density at radius 1 is 0.516 bits per heavy atom. The summed E-state index contributed by atoms with van der Waals surface area (Å²) >= 11 is 0. The zero-order valence-electron chi connectivity index (χ0n) is 21.1. The average molecular weight is 467 g/mol. The molecule has 0 aromatic rings. The molecule has 0 aliphatic heterocycles. The van der Waals surface area contributed by atoms with Crippen LogP contribution < -0.4 is 29.6 Å². The quantitative estimate of drug-likeness (QED) is 0.0794. The third kappa shape index (κ3) is 32.9. The van der Waals surface area contributed by atoms with Crippen LogP contribution in [0.2, 0.25) is 0 Å². The van der Waals surface area contributed by atoms with E-state index in [1.807, 2.05) is 6.08 Å². The summed E-state index contributed by atoms with van der Waals surface area (Å²) in [6.45, 7) is 2.28. The summed E-state index contributed by atoms with van der Waals surface area (Å²) in [5.41, 5.74) is 0. The average Bonchev–Trinajstić information content (AvgIpc) is 2.70. The van der Waals surface area contributed by atoms with Crippen molar-refractivity contribution < 1.29 is 42.5 Å². The van der Waals surface area contributed by atoms with E-state index in [4.69, 9.17) is 0 Å². The molecule has 0 radical (unpaired) electrons. The molecule has 0 aliphatic rings. The van der Waals surface area contributed by atoms with Crippen LogP contribution in [0.5, 0.6) is 0 Å². The predicted octanol–water partition coefficient (Wildman–Crippen LogP) is 5.69. The summed E-state index contributed by atoms with van der Waals surface area (Å²) < 4.78 is 31.3. The molecule has 31 heavy (non-hydrogen) atoms. The molecule has 0 unspecified atom stereocenters. The first-order chi connectivity index (χ1) is 14.6. The second kappa shape index (κ2) is 26.9. The Morgan fingerprint density at radius 3 is 1.10 bits per heavy atom. The van der Waals surface area contributed by atoms with Gasteiger partial charge in [0.25, 0.3) is 0 Å². The number of rotatable bonds is 24. The molecule has 3 nitrogen and oxygen atoms in total. The van der Waals surface area contributed by atoms with Crippen LogP contribution in [-0.2, 0) is 10.1 Å². The van der Waals surface area contributed by atoms with Crippen LogP contribution in [0.3, 0.4) is 0 Å². The van der Waals surface area contributed by atoms with Crippen molar-refractivity contribution in [1.82, 2.24) is 0 Å². The zero-order chi connectivity index (χ0) is 22.2. The van der Waals surface area contributed by atoms with E-state index in [2.05, 4.69) is 6.92 Å². The van der Waals surface area contributed by atoms with Gasteiger partial charge in [0.1, 0.15) is 0 Å². The molecule has 0 fully saturated rings. The van der Waals surface area contributed by atoms with Crippen LogP contribution in [0.15, 0.2) is 12.2 Å². The van der Waals surface area contributed by atoms with Gasteiger partial charge in [0, 0.05) is 0 Å². The van der Waals surface area contributed by atoms with Crippen molar-refractivity contribution >= 4 is 10.1 Å². The first-order valence-corrected chi connectivity index (χ1v) is 14.7. The van der Waals surface area contributed by atoms with Crippen molar-refractivity contribution in [3.05, 3.63) is 12.2 Å². The normalized spacial score (nSPS) is 11.8. The van der Waals surface area contributed by atoms with Crippen LogP contribution in [0.4, 0.5) is 0 Å². The number of hydrogen-bond acceptors (Lipinski definition) is 3. The molecular formula is C26H51NaO3S. The van der Waals surface area contributed by atoms with Gasteiger partial charge in [0.15, 0.2) is 0 Å². The molecule has 0 spiro atoms. The third-order valence-corrected chi connectivity index (χ3v) is 6.54. The minimum atomic E-state index is -4.09. The van der Waals surface area contributed by atoms with Gasteiger partial charge in [-0.2, -0.15) is 0 Å². The molecule has 0 saturated carbocycles. The van der Waals surface area contributed by atoms with Gasteiger partial charge in [-0.05, 0) is 12.8 Å². The van der Waals surface area contributed by atoms with Gasteiger partial charge in [0.2, 0.25) is 0 Å².